The molecule has 154 valence electrons. The maximum absolute atomic E-state index is 12.2. The fourth-order valence-electron chi connectivity index (χ4n) is 2.21. The zero-order valence-corrected chi connectivity index (χ0v) is 16.6. The van der Waals surface area contributed by atoms with Crippen molar-refractivity contribution < 1.29 is 32.3 Å². The molecule has 0 bridgehead atoms. The topological polar surface area (TPSA) is 128 Å². The van der Waals surface area contributed by atoms with Crippen LogP contribution in [0.5, 0.6) is 0 Å². The Labute approximate surface area is 168 Å². The fourth-order valence-corrected chi connectivity index (χ4v) is 3.43. The number of benzene rings is 2. The number of anilines is 1. The van der Waals surface area contributed by atoms with E-state index in [1.807, 2.05) is 0 Å². The van der Waals surface area contributed by atoms with E-state index in [9.17, 15) is 22.8 Å². The average molecular weight is 420 g/mol. The van der Waals surface area contributed by atoms with E-state index in [0.29, 0.717) is 11.3 Å². The Morgan fingerprint density at radius 1 is 1.00 bits per heavy atom. The first-order valence-corrected chi connectivity index (χ1v) is 9.93. The molecule has 0 saturated carbocycles. The first kappa shape index (κ1) is 22.1. The number of sulfonamides is 1. The zero-order valence-electron chi connectivity index (χ0n) is 15.7. The molecular weight excluding hydrogens is 400 g/mol. The predicted molar refractivity (Wildman–Crippen MR) is 104 cm³/mol. The molecule has 2 rings (SSSR count). The van der Waals surface area contributed by atoms with Gasteiger partial charge in [0, 0.05) is 5.69 Å². The van der Waals surface area contributed by atoms with E-state index in [2.05, 4.69) is 14.8 Å². The molecule has 2 N–H and O–H groups in total. The van der Waals surface area contributed by atoms with Crippen molar-refractivity contribution in [1.82, 2.24) is 4.72 Å². The van der Waals surface area contributed by atoms with Crippen LogP contribution in [0, 0.1) is 0 Å². The van der Waals surface area contributed by atoms with Crippen molar-refractivity contribution in [3.05, 3.63) is 60.2 Å². The third-order valence-corrected chi connectivity index (χ3v) is 5.23. The van der Waals surface area contributed by atoms with Gasteiger partial charge in [0.1, 0.15) is 6.04 Å². The molecule has 0 spiro atoms. The summed E-state index contributed by atoms with van der Waals surface area (Å²) >= 11 is 0. The lowest BCUT2D eigenvalue weighted by Gasteiger charge is -2.14. The molecule has 0 aliphatic carbocycles. The minimum absolute atomic E-state index is 0.00722. The third kappa shape index (κ3) is 6.40. The van der Waals surface area contributed by atoms with Crippen LogP contribution in [-0.2, 0) is 29.1 Å². The van der Waals surface area contributed by atoms with Crippen LogP contribution in [0.1, 0.15) is 17.3 Å². The number of rotatable bonds is 8. The van der Waals surface area contributed by atoms with Gasteiger partial charge in [-0.3, -0.25) is 9.59 Å². The number of hydrogen-bond donors (Lipinski definition) is 2. The van der Waals surface area contributed by atoms with Crippen LogP contribution >= 0.6 is 0 Å². The molecule has 2 aromatic carbocycles. The van der Waals surface area contributed by atoms with Crippen molar-refractivity contribution in [2.45, 2.75) is 17.9 Å². The van der Waals surface area contributed by atoms with Crippen LogP contribution in [-0.4, -0.2) is 46.0 Å². The maximum atomic E-state index is 12.2. The number of carbonyl (C=O) groups excluding carboxylic acids is 3. The smallest absolute Gasteiger partial charge is 0.337 e. The lowest BCUT2D eigenvalue weighted by molar-refractivity contribution is -0.148. The number of methoxy groups -OCH3 is 1. The Hall–Kier alpha value is -3.24. The number of hydrogen-bond acceptors (Lipinski definition) is 7. The molecule has 0 radical (unpaired) electrons. The lowest BCUT2D eigenvalue weighted by Crippen LogP contribution is -2.40. The van der Waals surface area contributed by atoms with Crippen LogP contribution < -0.4 is 10.0 Å². The Bertz CT molecular complexity index is 973. The van der Waals surface area contributed by atoms with Crippen molar-refractivity contribution in [2.24, 2.45) is 0 Å². The van der Waals surface area contributed by atoms with Crippen LogP contribution in [0.15, 0.2) is 59.5 Å². The van der Waals surface area contributed by atoms with E-state index >= 15 is 0 Å². The van der Waals surface area contributed by atoms with Gasteiger partial charge in [0.15, 0.2) is 6.61 Å². The standard InChI is InChI=1S/C19H20N2O7S/c1-13(21-29(25,26)16-6-4-3-5-7-16)18(23)28-12-17(22)20-15-10-8-14(9-11-15)19(24)27-2/h3-11,13,21H,12H2,1-2H3,(H,20,22). The Kier molecular flexibility index (Phi) is 7.46. The van der Waals surface area contributed by atoms with Gasteiger partial charge in [0.25, 0.3) is 5.91 Å². The lowest BCUT2D eigenvalue weighted by atomic mass is 10.2. The van der Waals surface area contributed by atoms with Crippen LogP contribution in [0.25, 0.3) is 0 Å². The monoisotopic (exact) mass is 420 g/mol. The van der Waals surface area contributed by atoms with Gasteiger partial charge >= 0.3 is 11.9 Å². The summed E-state index contributed by atoms with van der Waals surface area (Å²) < 4.78 is 36.0. The van der Waals surface area contributed by atoms with Crippen molar-refractivity contribution in [3.63, 3.8) is 0 Å². The molecule has 9 nitrogen and oxygen atoms in total. The summed E-state index contributed by atoms with van der Waals surface area (Å²) in [6, 6.07) is 12.3. The number of nitrogens with one attached hydrogen (secondary N) is 2. The minimum atomic E-state index is -3.89. The number of esters is 2. The van der Waals surface area contributed by atoms with E-state index in [1.165, 1.54) is 50.4 Å². The van der Waals surface area contributed by atoms with Gasteiger partial charge in [-0.1, -0.05) is 18.2 Å². The molecule has 1 unspecified atom stereocenters. The molecule has 10 heteroatoms. The normalized spacial score (nSPS) is 11.9. The Balaban J connectivity index is 1.85. The van der Waals surface area contributed by atoms with Gasteiger partial charge in [-0.2, -0.15) is 4.72 Å². The summed E-state index contributed by atoms with van der Waals surface area (Å²) in [5.74, 6) is -2.04. The van der Waals surface area contributed by atoms with Crippen LogP contribution in [0.2, 0.25) is 0 Å². The minimum Gasteiger partial charge on any atom is -0.465 e. The summed E-state index contributed by atoms with van der Waals surface area (Å²) in [7, 11) is -2.64. The Morgan fingerprint density at radius 3 is 2.21 bits per heavy atom. The molecule has 29 heavy (non-hydrogen) atoms. The zero-order chi connectivity index (χ0) is 21.4. The van der Waals surface area contributed by atoms with E-state index < -0.39 is 40.5 Å². The molecule has 2 aromatic rings. The van der Waals surface area contributed by atoms with Gasteiger partial charge in [0.2, 0.25) is 10.0 Å². The van der Waals surface area contributed by atoms with Crippen LogP contribution in [0.3, 0.4) is 0 Å². The summed E-state index contributed by atoms with van der Waals surface area (Å²) in [6.07, 6.45) is 0. The molecule has 1 amide bonds. The van der Waals surface area contributed by atoms with E-state index in [-0.39, 0.29) is 4.90 Å². The molecule has 0 heterocycles. The second-order valence-electron chi connectivity index (χ2n) is 5.88. The van der Waals surface area contributed by atoms with Gasteiger partial charge in [-0.15, -0.1) is 0 Å². The van der Waals surface area contributed by atoms with E-state index in [0.717, 1.165) is 0 Å². The van der Waals surface area contributed by atoms with E-state index in [4.69, 9.17) is 4.74 Å². The van der Waals surface area contributed by atoms with Gasteiger partial charge in [-0.25, -0.2) is 13.2 Å². The number of carbonyl (C=O) groups is 3. The second kappa shape index (κ2) is 9.80. The van der Waals surface area contributed by atoms with Crippen LogP contribution in [0.4, 0.5) is 5.69 Å². The van der Waals surface area contributed by atoms with Crippen molar-refractivity contribution in [2.75, 3.05) is 19.0 Å². The highest BCUT2D eigenvalue weighted by Gasteiger charge is 2.23. The molecule has 1 atom stereocenters. The first-order chi connectivity index (χ1) is 13.7. The molecular formula is C19H20N2O7S. The SMILES string of the molecule is COC(=O)c1ccc(NC(=O)COC(=O)C(C)NS(=O)(=O)c2ccccc2)cc1. The third-order valence-electron chi connectivity index (χ3n) is 3.67. The predicted octanol–water partition coefficient (Wildman–Crippen LogP) is 1.32. The molecule has 0 fully saturated rings. The Morgan fingerprint density at radius 2 is 1.62 bits per heavy atom. The molecule has 0 saturated heterocycles. The molecule has 0 aliphatic heterocycles. The maximum Gasteiger partial charge on any atom is 0.337 e. The molecule has 0 aliphatic rings. The highest BCUT2D eigenvalue weighted by molar-refractivity contribution is 7.89. The second-order valence-corrected chi connectivity index (χ2v) is 7.59. The average Bonchev–Trinajstić information content (AvgIpc) is 2.72. The van der Waals surface area contributed by atoms with Crippen molar-refractivity contribution >= 4 is 33.6 Å². The highest BCUT2D eigenvalue weighted by Crippen LogP contribution is 2.11. The van der Waals surface area contributed by atoms with Gasteiger partial charge in [0.05, 0.1) is 17.6 Å². The summed E-state index contributed by atoms with van der Waals surface area (Å²) in [5.41, 5.74) is 0.702. The summed E-state index contributed by atoms with van der Waals surface area (Å²) in [5, 5.41) is 2.49. The molecule has 0 aromatic heterocycles. The quantitative estimate of drug-likeness (QED) is 0.617. The van der Waals surface area contributed by atoms with E-state index in [1.54, 1.807) is 18.2 Å². The van der Waals surface area contributed by atoms with Gasteiger partial charge < -0.3 is 14.8 Å². The van der Waals surface area contributed by atoms with Gasteiger partial charge in [-0.05, 0) is 43.3 Å². The summed E-state index contributed by atoms with van der Waals surface area (Å²) in [4.78, 5) is 35.3. The first-order valence-electron chi connectivity index (χ1n) is 8.45. The largest absolute Gasteiger partial charge is 0.465 e. The summed E-state index contributed by atoms with van der Waals surface area (Å²) in [6.45, 7) is 0.710. The van der Waals surface area contributed by atoms with Crippen molar-refractivity contribution in [3.8, 4) is 0 Å². The van der Waals surface area contributed by atoms with Crippen molar-refractivity contribution in [1.29, 1.82) is 0 Å². The highest BCUT2D eigenvalue weighted by atomic mass is 32.2. The fraction of sp³-hybridized carbons (Fsp3) is 0.211. The number of ether oxygens (including phenoxy) is 2. The number of amides is 1.